The predicted molar refractivity (Wildman–Crippen MR) is 163 cm³/mol. The van der Waals surface area contributed by atoms with Crippen LogP contribution in [-0.2, 0) is 0 Å². The number of aromatic nitrogens is 2. The highest BCUT2D eigenvalue weighted by atomic mass is 16.5. The van der Waals surface area contributed by atoms with Crippen molar-refractivity contribution in [2.24, 2.45) is 10.2 Å². The number of hydrogen-bond acceptors (Lipinski definition) is 14. The zero-order chi connectivity index (χ0) is 30.8. The van der Waals surface area contributed by atoms with Crippen molar-refractivity contribution < 1.29 is 33.9 Å². The van der Waals surface area contributed by atoms with Gasteiger partial charge in [0.25, 0.3) is 0 Å². The largest absolute Gasteiger partial charge is 0.504 e. The molecule has 0 aliphatic carbocycles. The van der Waals surface area contributed by atoms with Crippen molar-refractivity contribution in [2.45, 2.75) is 0 Å². The Balaban J connectivity index is 1.60. The molecule has 224 valence electrons. The van der Waals surface area contributed by atoms with Gasteiger partial charge in [0.05, 0.1) is 53.7 Å². The zero-order valence-corrected chi connectivity index (χ0v) is 24.1. The maximum Gasteiger partial charge on any atom is 0.247 e. The number of anilines is 4. The first kappa shape index (κ1) is 30.0. The van der Waals surface area contributed by atoms with Crippen LogP contribution in [0.25, 0.3) is 0 Å². The molecule has 1 aromatic heterocycles. The third-order valence-electron chi connectivity index (χ3n) is 5.83. The molecule has 14 heteroatoms. The van der Waals surface area contributed by atoms with Gasteiger partial charge in [0.1, 0.15) is 11.6 Å². The minimum Gasteiger partial charge on any atom is -0.504 e. The molecule has 0 saturated carbocycles. The van der Waals surface area contributed by atoms with E-state index in [9.17, 15) is 10.2 Å². The van der Waals surface area contributed by atoms with E-state index in [2.05, 4.69) is 36.3 Å². The topological polar surface area (TPSA) is 173 Å². The molecule has 3 aromatic carbocycles. The van der Waals surface area contributed by atoms with Crippen molar-refractivity contribution in [3.8, 4) is 40.2 Å². The zero-order valence-electron chi connectivity index (χ0n) is 24.1. The lowest BCUT2D eigenvalue weighted by Gasteiger charge is -2.12. The van der Waals surface area contributed by atoms with Crippen molar-refractivity contribution in [3.05, 3.63) is 65.7 Å². The second kappa shape index (κ2) is 14.1. The van der Waals surface area contributed by atoms with Gasteiger partial charge in [-0.3, -0.25) is 5.43 Å². The first-order valence-corrected chi connectivity index (χ1v) is 12.7. The van der Waals surface area contributed by atoms with Crippen LogP contribution in [0, 0.1) is 0 Å². The first-order chi connectivity index (χ1) is 20.9. The molecule has 0 spiro atoms. The van der Waals surface area contributed by atoms with Crippen LogP contribution in [0.1, 0.15) is 11.1 Å². The van der Waals surface area contributed by atoms with E-state index in [4.69, 9.17) is 23.7 Å². The Labute approximate surface area is 247 Å². The maximum absolute atomic E-state index is 10.2. The van der Waals surface area contributed by atoms with E-state index in [1.165, 1.54) is 53.0 Å². The van der Waals surface area contributed by atoms with Crippen molar-refractivity contribution in [3.63, 3.8) is 0 Å². The molecule has 0 unspecified atom stereocenters. The minimum atomic E-state index is -0.102. The molecular weight excluding hydrogens is 558 g/mol. The summed E-state index contributed by atoms with van der Waals surface area (Å²) in [6.45, 7) is 0. The molecule has 1 heterocycles. The third-order valence-corrected chi connectivity index (χ3v) is 5.83. The molecule has 0 atom stereocenters. The number of methoxy groups -OCH3 is 5. The van der Waals surface area contributed by atoms with Gasteiger partial charge in [-0.2, -0.15) is 20.2 Å². The van der Waals surface area contributed by atoms with E-state index in [0.29, 0.717) is 45.7 Å². The van der Waals surface area contributed by atoms with E-state index >= 15 is 0 Å². The van der Waals surface area contributed by atoms with Gasteiger partial charge in [0.2, 0.25) is 17.4 Å². The summed E-state index contributed by atoms with van der Waals surface area (Å²) in [5.41, 5.74) is 7.40. The van der Waals surface area contributed by atoms with Crippen LogP contribution in [0.4, 0.5) is 23.3 Å². The van der Waals surface area contributed by atoms with Crippen LogP contribution in [0.2, 0.25) is 0 Å². The van der Waals surface area contributed by atoms with Crippen molar-refractivity contribution in [1.29, 1.82) is 0 Å². The Morgan fingerprint density at radius 1 is 0.628 bits per heavy atom. The number of rotatable bonds is 13. The van der Waals surface area contributed by atoms with Crippen LogP contribution in [0.3, 0.4) is 0 Å². The molecule has 0 fully saturated rings. The number of nitrogens with zero attached hydrogens (tertiary/aromatic N) is 4. The van der Waals surface area contributed by atoms with Crippen LogP contribution in [0.15, 0.2) is 64.8 Å². The number of nitrogens with one attached hydrogen (secondary N) is 3. The van der Waals surface area contributed by atoms with Gasteiger partial charge in [-0.15, -0.1) is 0 Å². The van der Waals surface area contributed by atoms with Crippen molar-refractivity contribution in [2.75, 3.05) is 51.7 Å². The smallest absolute Gasteiger partial charge is 0.247 e. The van der Waals surface area contributed by atoms with E-state index < -0.39 is 0 Å². The van der Waals surface area contributed by atoms with E-state index in [1.54, 1.807) is 25.3 Å². The summed E-state index contributed by atoms with van der Waals surface area (Å²) in [5, 5.41) is 32.1. The molecule has 14 nitrogen and oxygen atoms in total. The highest BCUT2D eigenvalue weighted by Crippen LogP contribution is 2.38. The molecule has 0 aliphatic rings. The Hall–Kier alpha value is -5.92. The summed E-state index contributed by atoms with van der Waals surface area (Å²) in [7, 11) is 7.38. The van der Waals surface area contributed by atoms with Crippen molar-refractivity contribution in [1.82, 2.24) is 9.97 Å². The molecule has 5 N–H and O–H groups in total. The Morgan fingerprint density at radius 3 is 1.72 bits per heavy atom. The van der Waals surface area contributed by atoms with Gasteiger partial charge >= 0.3 is 0 Å². The van der Waals surface area contributed by atoms with E-state index in [0.717, 1.165) is 0 Å². The molecule has 0 radical (unpaired) electrons. The summed E-state index contributed by atoms with van der Waals surface area (Å²) in [5.74, 6) is 2.38. The Morgan fingerprint density at radius 2 is 1.16 bits per heavy atom. The second-order valence-electron chi connectivity index (χ2n) is 8.58. The minimum absolute atomic E-state index is 0.0965. The third kappa shape index (κ3) is 7.43. The van der Waals surface area contributed by atoms with Crippen molar-refractivity contribution >= 4 is 35.7 Å². The normalized spacial score (nSPS) is 10.9. The number of para-hydroxylation sites is 2. The molecule has 0 saturated heterocycles. The van der Waals surface area contributed by atoms with Crippen LogP contribution < -0.4 is 39.9 Å². The second-order valence-corrected chi connectivity index (χ2v) is 8.58. The van der Waals surface area contributed by atoms with E-state index in [-0.39, 0.29) is 28.9 Å². The van der Waals surface area contributed by atoms with Gasteiger partial charge in [-0.1, -0.05) is 12.1 Å². The standard InChI is InChI=1S/C29H31N7O7/c1-39-22-9-7-6-8-19(22)32-25-14-26(35-30-15-17-10-20(37)27(42-4)23(12-17)40-2)34-29(33-25)36-31-16-18-11-21(38)28(43-5)24(13-18)41-3/h6-16,37-38H,1-5H3,(H3,32,33,34,35,36). The molecule has 0 amide bonds. The number of phenols is 2. The lowest BCUT2D eigenvalue weighted by Crippen LogP contribution is -2.04. The lowest BCUT2D eigenvalue weighted by molar-refractivity contribution is 0.333. The number of hydrazone groups is 2. The quantitative estimate of drug-likeness (QED) is 0.109. The summed E-state index contributed by atoms with van der Waals surface area (Å²) in [6, 6.07) is 15.3. The summed E-state index contributed by atoms with van der Waals surface area (Å²) in [6.07, 6.45) is 2.94. The summed E-state index contributed by atoms with van der Waals surface area (Å²) >= 11 is 0. The number of aromatic hydroxyl groups is 2. The molecule has 4 aromatic rings. The van der Waals surface area contributed by atoms with Crippen LogP contribution in [0.5, 0.6) is 40.2 Å². The average Bonchev–Trinajstić information content (AvgIpc) is 3.00. The molecule has 0 aliphatic heterocycles. The first-order valence-electron chi connectivity index (χ1n) is 12.7. The van der Waals surface area contributed by atoms with Crippen LogP contribution >= 0.6 is 0 Å². The van der Waals surface area contributed by atoms with Gasteiger partial charge in [0.15, 0.2) is 28.8 Å². The molecular formula is C29H31N7O7. The molecule has 0 bridgehead atoms. The SMILES string of the molecule is COc1ccccc1Nc1cc(NN=Cc2cc(O)c(OC)c(OC)c2)nc(NN=Cc2cc(O)c(OC)c(OC)c2)n1. The van der Waals surface area contributed by atoms with E-state index in [1.807, 2.05) is 24.3 Å². The van der Waals surface area contributed by atoms with Crippen LogP contribution in [-0.4, -0.2) is 68.2 Å². The fourth-order valence-electron chi connectivity index (χ4n) is 3.92. The highest BCUT2D eigenvalue weighted by molar-refractivity contribution is 5.83. The highest BCUT2D eigenvalue weighted by Gasteiger charge is 2.12. The Kier molecular flexibility index (Phi) is 9.87. The fourth-order valence-corrected chi connectivity index (χ4v) is 3.92. The number of phenolic OH excluding ortho intramolecular Hbond substituents is 2. The molecule has 4 rings (SSSR count). The maximum atomic E-state index is 10.2. The summed E-state index contributed by atoms with van der Waals surface area (Å²) < 4.78 is 26.3. The summed E-state index contributed by atoms with van der Waals surface area (Å²) in [4.78, 5) is 8.90. The van der Waals surface area contributed by atoms with Gasteiger partial charge in [-0.25, -0.2) is 5.43 Å². The number of ether oxygens (including phenoxy) is 5. The average molecular weight is 590 g/mol. The van der Waals surface area contributed by atoms with Gasteiger partial charge in [0, 0.05) is 17.2 Å². The fraction of sp³-hybridized carbons (Fsp3) is 0.172. The number of benzene rings is 3. The predicted octanol–water partition coefficient (Wildman–Crippen LogP) is 4.57. The monoisotopic (exact) mass is 589 g/mol. The lowest BCUT2D eigenvalue weighted by atomic mass is 10.2. The Bertz CT molecular complexity index is 1540. The van der Waals surface area contributed by atoms with Gasteiger partial charge < -0.3 is 39.2 Å². The number of hydrogen-bond donors (Lipinski definition) is 5. The van der Waals surface area contributed by atoms with Gasteiger partial charge in [-0.05, 0) is 36.4 Å². The molecule has 43 heavy (non-hydrogen) atoms.